The van der Waals surface area contributed by atoms with E-state index in [0.717, 1.165) is 16.2 Å². The Morgan fingerprint density at radius 2 is 1.89 bits per heavy atom. The second-order valence-corrected chi connectivity index (χ2v) is 7.10. The van der Waals surface area contributed by atoms with Crippen LogP contribution < -0.4 is 15.8 Å². The van der Waals surface area contributed by atoms with E-state index in [1.54, 1.807) is 49.9 Å². The number of pyridine rings is 1. The molecule has 0 radical (unpaired) electrons. The van der Waals surface area contributed by atoms with Crippen LogP contribution in [0.5, 0.6) is 5.88 Å². The van der Waals surface area contributed by atoms with Crippen molar-refractivity contribution in [1.29, 1.82) is 0 Å². The molecule has 0 bridgehead atoms. The molecule has 3 N–H and O–H groups in total. The van der Waals surface area contributed by atoms with Gasteiger partial charge in [-0.1, -0.05) is 6.92 Å². The van der Waals surface area contributed by atoms with Crippen LogP contribution in [0.3, 0.4) is 0 Å². The van der Waals surface area contributed by atoms with E-state index >= 15 is 0 Å². The molecule has 3 aromatic heterocycles. The molecular weight excluding hydrogens is 374 g/mol. The van der Waals surface area contributed by atoms with Gasteiger partial charge in [0.25, 0.3) is 0 Å². The Morgan fingerprint density at radius 1 is 1.11 bits per heavy atom. The quantitative estimate of drug-likeness (QED) is 0.554. The second-order valence-electron chi connectivity index (χ2n) is 6.22. The molecule has 8 nitrogen and oxygen atoms in total. The van der Waals surface area contributed by atoms with E-state index in [1.807, 2.05) is 25.3 Å². The standard InChI is InChI=1S/C19H23N7OS/c1-12(7-24-19-25-8-13(28-3)9-26-19)17(20)16-11-22-15(10-23-16)14-5-4-6-21-18(14)27-2/h4-6,8-12,17H,7,20H2,1-3H3,(H,24,25,26). The summed E-state index contributed by atoms with van der Waals surface area (Å²) in [5, 5.41) is 3.21. The summed E-state index contributed by atoms with van der Waals surface area (Å²) in [5.74, 6) is 1.21. The fraction of sp³-hybridized carbons (Fsp3) is 0.316. The summed E-state index contributed by atoms with van der Waals surface area (Å²) >= 11 is 1.61. The minimum atomic E-state index is -0.268. The Labute approximate surface area is 168 Å². The van der Waals surface area contributed by atoms with Gasteiger partial charge in [-0.05, 0) is 24.3 Å². The van der Waals surface area contributed by atoms with Gasteiger partial charge in [-0.2, -0.15) is 0 Å². The van der Waals surface area contributed by atoms with Gasteiger partial charge in [0.1, 0.15) is 0 Å². The number of rotatable bonds is 8. The highest BCUT2D eigenvalue weighted by atomic mass is 32.2. The Kier molecular flexibility index (Phi) is 6.72. The molecule has 28 heavy (non-hydrogen) atoms. The van der Waals surface area contributed by atoms with Crippen molar-refractivity contribution in [2.24, 2.45) is 11.7 Å². The third-order valence-electron chi connectivity index (χ3n) is 4.31. The van der Waals surface area contributed by atoms with Gasteiger partial charge in [-0.15, -0.1) is 11.8 Å². The third-order valence-corrected chi connectivity index (χ3v) is 5.00. The van der Waals surface area contributed by atoms with Crippen LogP contribution >= 0.6 is 11.8 Å². The Balaban J connectivity index is 1.63. The van der Waals surface area contributed by atoms with Gasteiger partial charge in [-0.25, -0.2) is 15.0 Å². The number of hydrogen-bond donors (Lipinski definition) is 2. The predicted molar refractivity (Wildman–Crippen MR) is 110 cm³/mol. The zero-order valence-electron chi connectivity index (χ0n) is 16.0. The highest BCUT2D eigenvalue weighted by molar-refractivity contribution is 7.98. The maximum absolute atomic E-state index is 6.37. The lowest BCUT2D eigenvalue weighted by Gasteiger charge is -2.20. The fourth-order valence-corrected chi connectivity index (χ4v) is 2.90. The molecule has 0 saturated carbocycles. The van der Waals surface area contributed by atoms with Crippen LogP contribution in [0, 0.1) is 5.92 Å². The molecule has 0 saturated heterocycles. The topological polar surface area (TPSA) is 112 Å². The summed E-state index contributed by atoms with van der Waals surface area (Å²) in [4.78, 5) is 22.8. The van der Waals surface area contributed by atoms with Gasteiger partial charge in [0, 0.05) is 30.0 Å². The summed E-state index contributed by atoms with van der Waals surface area (Å²) in [6, 6.07) is 3.46. The summed E-state index contributed by atoms with van der Waals surface area (Å²) in [7, 11) is 1.58. The van der Waals surface area contributed by atoms with Crippen molar-refractivity contribution in [2.45, 2.75) is 17.9 Å². The SMILES string of the molecule is COc1ncccc1-c1cnc(C(N)C(C)CNc2ncc(SC)cn2)cn1. The monoisotopic (exact) mass is 397 g/mol. The Morgan fingerprint density at radius 3 is 2.54 bits per heavy atom. The third kappa shape index (κ3) is 4.73. The number of nitrogens with zero attached hydrogens (tertiary/aromatic N) is 5. The average Bonchev–Trinajstić information content (AvgIpc) is 2.77. The molecule has 2 atom stereocenters. The van der Waals surface area contributed by atoms with Gasteiger partial charge in [0.05, 0.1) is 42.5 Å². The van der Waals surface area contributed by atoms with Gasteiger partial charge < -0.3 is 15.8 Å². The molecule has 2 unspecified atom stereocenters. The number of methoxy groups -OCH3 is 1. The lowest BCUT2D eigenvalue weighted by molar-refractivity contribution is 0.399. The van der Waals surface area contributed by atoms with Crippen LogP contribution in [-0.4, -0.2) is 44.8 Å². The zero-order valence-corrected chi connectivity index (χ0v) is 16.8. The van der Waals surface area contributed by atoms with Gasteiger partial charge in [0.15, 0.2) is 0 Å². The number of anilines is 1. The van der Waals surface area contributed by atoms with E-state index in [0.29, 0.717) is 24.1 Å². The molecule has 3 heterocycles. The number of aromatic nitrogens is 5. The Hall–Kier alpha value is -2.78. The van der Waals surface area contributed by atoms with E-state index in [2.05, 4.69) is 30.2 Å². The summed E-state index contributed by atoms with van der Waals surface area (Å²) < 4.78 is 5.28. The maximum Gasteiger partial charge on any atom is 0.222 e. The second kappa shape index (κ2) is 9.43. The maximum atomic E-state index is 6.37. The number of nitrogens with one attached hydrogen (secondary N) is 1. The first-order valence-electron chi connectivity index (χ1n) is 8.79. The molecule has 0 aromatic carbocycles. The van der Waals surface area contributed by atoms with Crippen LogP contribution in [-0.2, 0) is 0 Å². The van der Waals surface area contributed by atoms with Crippen molar-refractivity contribution >= 4 is 17.7 Å². The molecule has 0 aliphatic heterocycles. The van der Waals surface area contributed by atoms with Crippen molar-refractivity contribution < 1.29 is 4.74 Å². The highest BCUT2D eigenvalue weighted by Gasteiger charge is 2.18. The minimum Gasteiger partial charge on any atom is -0.481 e. The number of ether oxygens (including phenoxy) is 1. The molecule has 0 aliphatic carbocycles. The molecule has 3 rings (SSSR count). The molecule has 0 aliphatic rings. The molecule has 0 amide bonds. The first kappa shape index (κ1) is 20.0. The normalized spacial score (nSPS) is 13.0. The zero-order chi connectivity index (χ0) is 19.9. The fourth-order valence-electron chi connectivity index (χ4n) is 2.58. The molecule has 146 valence electrons. The summed E-state index contributed by atoms with van der Waals surface area (Å²) in [6.45, 7) is 2.67. The largest absolute Gasteiger partial charge is 0.481 e. The lowest BCUT2D eigenvalue weighted by atomic mass is 10.00. The van der Waals surface area contributed by atoms with Gasteiger partial charge in [0.2, 0.25) is 11.8 Å². The first-order chi connectivity index (χ1) is 13.6. The van der Waals surface area contributed by atoms with E-state index in [-0.39, 0.29) is 12.0 Å². The van der Waals surface area contributed by atoms with Crippen LogP contribution in [0.2, 0.25) is 0 Å². The first-order valence-corrected chi connectivity index (χ1v) is 10.0. The van der Waals surface area contributed by atoms with Crippen LogP contribution in [0.4, 0.5) is 5.95 Å². The molecule has 3 aromatic rings. The van der Waals surface area contributed by atoms with Crippen LogP contribution in [0.25, 0.3) is 11.3 Å². The van der Waals surface area contributed by atoms with Crippen molar-refractivity contribution in [2.75, 3.05) is 25.2 Å². The number of hydrogen-bond acceptors (Lipinski definition) is 9. The van der Waals surface area contributed by atoms with Gasteiger partial charge in [-0.3, -0.25) is 9.97 Å². The van der Waals surface area contributed by atoms with E-state index in [4.69, 9.17) is 10.5 Å². The number of thioether (sulfide) groups is 1. The lowest BCUT2D eigenvalue weighted by Crippen LogP contribution is -2.26. The van der Waals surface area contributed by atoms with Gasteiger partial charge >= 0.3 is 0 Å². The van der Waals surface area contributed by atoms with Crippen molar-refractivity contribution in [3.63, 3.8) is 0 Å². The molecule has 0 spiro atoms. The smallest absolute Gasteiger partial charge is 0.222 e. The predicted octanol–water partition coefficient (Wildman–Crippen LogP) is 2.81. The molecular formula is C19H23N7OS. The molecule has 9 heteroatoms. The van der Waals surface area contributed by atoms with E-state index < -0.39 is 0 Å². The van der Waals surface area contributed by atoms with Crippen LogP contribution in [0.1, 0.15) is 18.7 Å². The van der Waals surface area contributed by atoms with Crippen molar-refractivity contribution in [3.05, 3.63) is 48.8 Å². The average molecular weight is 398 g/mol. The Bertz CT molecular complexity index is 890. The highest BCUT2D eigenvalue weighted by Crippen LogP contribution is 2.26. The number of nitrogens with two attached hydrogens (primary N) is 1. The molecule has 0 fully saturated rings. The van der Waals surface area contributed by atoms with E-state index in [9.17, 15) is 0 Å². The van der Waals surface area contributed by atoms with Crippen molar-refractivity contribution in [3.8, 4) is 17.1 Å². The van der Waals surface area contributed by atoms with Crippen molar-refractivity contribution in [1.82, 2.24) is 24.9 Å². The summed E-state index contributed by atoms with van der Waals surface area (Å²) in [6.07, 6.45) is 10.6. The van der Waals surface area contributed by atoms with Crippen LogP contribution in [0.15, 0.2) is 48.0 Å². The minimum absolute atomic E-state index is 0.108. The summed E-state index contributed by atoms with van der Waals surface area (Å²) in [5.41, 5.74) is 8.57. The van der Waals surface area contributed by atoms with E-state index in [1.165, 1.54) is 0 Å².